The summed E-state index contributed by atoms with van der Waals surface area (Å²) in [6.07, 6.45) is 9.42. The fourth-order valence-corrected chi connectivity index (χ4v) is 10.3. The number of aliphatic carboxylic acids is 1. The van der Waals surface area contributed by atoms with Crippen molar-refractivity contribution in [2.24, 2.45) is 29.6 Å². The number of benzene rings is 1. The molecule has 6 fully saturated rings. The van der Waals surface area contributed by atoms with E-state index in [1.807, 2.05) is 28.8 Å². The number of fused-ring (bicyclic) bond motifs is 5. The summed E-state index contributed by atoms with van der Waals surface area (Å²) in [6.45, 7) is 6.04. The van der Waals surface area contributed by atoms with Gasteiger partial charge in [-0.1, -0.05) is 19.1 Å². The first-order valence-electron chi connectivity index (χ1n) is 15.8. The Morgan fingerprint density at radius 1 is 0.975 bits per heavy atom. The molecule has 4 heterocycles. The highest BCUT2D eigenvalue weighted by molar-refractivity contribution is 5.81. The summed E-state index contributed by atoms with van der Waals surface area (Å²) in [4.78, 5) is 35.2. The molecule has 3 saturated carbocycles. The zero-order valence-corrected chi connectivity index (χ0v) is 23.7. The maximum absolute atomic E-state index is 14.1. The first-order chi connectivity index (χ1) is 19.4. The summed E-state index contributed by atoms with van der Waals surface area (Å²) in [6, 6.07) is 8.43. The zero-order chi connectivity index (χ0) is 27.3. The highest BCUT2D eigenvalue weighted by Crippen LogP contribution is 2.57. The lowest BCUT2D eigenvalue weighted by Crippen LogP contribution is -2.64. The first kappa shape index (κ1) is 25.3. The molecule has 2 aromatic rings. The second-order valence-corrected chi connectivity index (χ2v) is 14.0. The van der Waals surface area contributed by atoms with Crippen LogP contribution in [0.3, 0.4) is 0 Å². The van der Waals surface area contributed by atoms with Crippen LogP contribution < -0.4 is 10.5 Å². The monoisotopic (exact) mass is 546 g/mol. The molecule has 3 aliphatic heterocycles. The number of nitrogens with zero attached hydrogens (tertiary/aromatic N) is 4. The molecular weight excluding hydrogens is 504 g/mol. The number of ether oxygens (including phenoxy) is 1. The molecule has 1 N–H and O–H groups in total. The van der Waals surface area contributed by atoms with Crippen LogP contribution in [-0.2, 0) is 9.53 Å². The van der Waals surface area contributed by atoms with Crippen LogP contribution >= 0.6 is 0 Å². The molecule has 1 aromatic carbocycles. The fraction of sp³-hybridized carbons (Fsp3) is 0.719. The van der Waals surface area contributed by atoms with E-state index in [-0.39, 0.29) is 23.7 Å². The lowest BCUT2D eigenvalue weighted by atomic mass is 9.71. The lowest BCUT2D eigenvalue weighted by Gasteiger charge is -2.55. The summed E-state index contributed by atoms with van der Waals surface area (Å²) in [5.41, 5.74) is 1.47. The molecule has 0 spiro atoms. The van der Waals surface area contributed by atoms with Crippen molar-refractivity contribution >= 4 is 22.8 Å². The van der Waals surface area contributed by atoms with Gasteiger partial charge in [-0.25, -0.2) is 9.78 Å². The predicted molar refractivity (Wildman–Crippen MR) is 152 cm³/mol. The highest BCUT2D eigenvalue weighted by Gasteiger charge is 2.53. The third-order valence-electron chi connectivity index (χ3n) is 12.1. The molecule has 6 aliphatic rings. The van der Waals surface area contributed by atoms with Gasteiger partial charge < -0.3 is 19.3 Å². The number of morpholine rings is 1. The number of carbonyl (C=O) groups is 1. The van der Waals surface area contributed by atoms with E-state index in [4.69, 9.17) is 9.72 Å². The van der Waals surface area contributed by atoms with Gasteiger partial charge in [0.25, 0.3) is 5.56 Å². The molecule has 214 valence electrons. The minimum atomic E-state index is -0.888. The van der Waals surface area contributed by atoms with Crippen molar-refractivity contribution in [2.45, 2.75) is 102 Å². The van der Waals surface area contributed by atoms with Crippen LogP contribution in [-0.4, -0.2) is 68.9 Å². The van der Waals surface area contributed by atoms with Crippen LogP contribution in [0.1, 0.15) is 71.3 Å². The Morgan fingerprint density at radius 2 is 1.77 bits per heavy atom. The van der Waals surface area contributed by atoms with Gasteiger partial charge in [0.1, 0.15) is 6.04 Å². The van der Waals surface area contributed by atoms with Gasteiger partial charge in [0.05, 0.1) is 23.7 Å². The Morgan fingerprint density at radius 3 is 2.58 bits per heavy atom. The molecule has 0 radical (unpaired) electrons. The average Bonchev–Trinajstić information content (AvgIpc) is 3.22. The number of carboxylic acid groups (broad SMARTS) is 1. The van der Waals surface area contributed by atoms with Gasteiger partial charge in [-0.15, -0.1) is 0 Å². The quantitative estimate of drug-likeness (QED) is 0.611. The van der Waals surface area contributed by atoms with Gasteiger partial charge in [-0.3, -0.25) is 9.69 Å². The van der Waals surface area contributed by atoms with Gasteiger partial charge in [-0.2, -0.15) is 0 Å². The first-order valence-corrected chi connectivity index (χ1v) is 15.8. The van der Waals surface area contributed by atoms with Crippen LogP contribution in [0.15, 0.2) is 29.1 Å². The van der Waals surface area contributed by atoms with Gasteiger partial charge in [0.2, 0.25) is 0 Å². The molecule has 3 saturated heterocycles. The number of carboxylic acids is 1. The second kappa shape index (κ2) is 9.28. The Balaban J connectivity index is 1.15. The van der Waals surface area contributed by atoms with Crippen LogP contribution in [0, 0.1) is 29.6 Å². The summed E-state index contributed by atoms with van der Waals surface area (Å²) in [5, 5.41) is 9.70. The third kappa shape index (κ3) is 3.74. The van der Waals surface area contributed by atoms with Crippen molar-refractivity contribution in [1.82, 2.24) is 14.5 Å². The number of aromatic nitrogens is 2. The average molecular weight is 547 g/mol. The molecule has 11 atom stereocenters. The lowest BCUT2D eigenvalue weighted by molar-refractivity contribution is -0.147. The molecule has 8 heteroatoms. The van der Waals surface area contributed by atoms with Crippen molar-refractivity contribution in [2.75, 3.05) is 18.1 Å². The Labute approximate surface area is 235 Å². The SMILES string of the molecule is CC1OCC2CC(n3c(=O)c(N4CCC4C(=O)O)nc4ccccc43)CC1N2C1CC2CC3CC(C1)C(C3)C2C. The van der Waals surface area contributed by atoms with Crippen molar-refractivity contribution < 1.29 is 14.6 Å². The zero-order valence-electron chi connectivity index (χ0n) is 23.7. The Bertz CT molecular complexity index is 1390. The van der Waals surface area contributed by atoms with Crippen LogP contribution in [0.5, 0.6) is 0 Å². The van der Waals surface area contributed by atoms with Crippen molar-refractivity contribution in [1.29, 1.82) is 0 Å². The highest BCUT2D eigenvalue weighted by atomic mass is 16.5. The van der Waals surface area contributed by atoms with E-state index in [0.717, 1.165) is 60.1 Å². The van der Waals surface area contributed by atoms with Gasteiger partial charge in [0.15, 0.2) is 5.82 Å². The third-order valence-corrected chi connectivity index (χ3v) is 12.1. The van der Waals surface area contributed by atoms with E-state index in [1.54, 1.807) is 4.90 Å². The molecule has 1 aromatic heterocycles. The largest absolute Gasteiger partial charge is 0.480 e. The second-order valence-electron chi connectivity index (χ2n) is 14.0. The van der Waals surface area contributed by atoms with Crippen LogP contribution in [0.4, 0.5) is 5.82 Å². The van der Waals surface area contributed by atoms with E-state index in [9.17, 15) is 14.7 Å². The van der Waals surface area contributed by atoms with Crippen LogP contribution in [0.25, 0.3) is 11.0 Å². The maximum Gasteiger partial charge on any atom is 0.326 e. The topological polar surface area (TPSA) is 87.9 Å². The summed E-state index contributed by atoms with van der Waals surface area (Å²) < 4.78 is 8.33. The minimum Gasteiger partial charge on any atom is -0.480 e. The van der Waals surface area contributed by atoms with Crippen molar-refractivity contribution in [3.63, 3.8) is 0 Å². The molecule has 8 nitrogen and oxygen atoms in total. The Kier molecular flexibility index (Phi) is 5.86. The number of para-hydroxylation sites is 2. The molecule has 0 amide bonds. The minimum absolute atomic E-state index is 0.0401. The summed E-state index contributed by atoms with van der Waals surface area (Å²) in [5.74, 6) is 3.88. The van der Waals surface area contributed by atoms with Crippen molar-refractivity contribution in [3.8, 4) is 0 Å². The van der Waals surface area contributed by atoms with Gasteiger partial charge in [0, 0.05) is 30.7 Å². The maximum atomic E-state index is 14.1. The van der Waals surface area contributed by atoms with E-state index in [2.05, 4.69) is 18.7 Å². The summed E-state index contributed by atoms with van der Waals surface area (Å²) >= 11 is 0. The molecule has 8 rings (SSSR count). The number of piperidine rings is 1. The number of hydrogen-bond acceptors (Lipinski definition) is 6. The standard InChI is InChI=1S/C32H42N4O4/c1-17-20-9-19-10-21(25(17)11-19)13-22(12-20)35-24-14-23(15-29(35)18(2)40-16-24)36-27-6-4-3-5-26(27)33-30(31(36)37)34-8-7-28(34)32(38)39/h3-6,17-25,28-29H,7-16H2,1-2H3,(H,38,39). The van der Waals surface area contributed by atoms with E-state index >= 15 is 0 Å². The molecule has 5 bridgehead atoms. The van der Waals surface area contributed by atoms with Crippen LogP contribution in [0.2, 0.25) is 0 Å². The number of hydrogen-bond donors (Lipinski definition) is 1. The molecule has 11 unspecified atom stereocenters. The smallest absolute Gasteiger partial charge is 0.326 e. The Hall–Kier alpha value is -2.45. The van der Waals surface area contributed by atoms with Gasteiger partial charge in [-0.05, 0) is 100 Å². The molecular formula is C32H42N4O4. The van der Waals surface area contributed by atoms with Gasteiger partial charge >= 0.3 is 5.97 Å². The van der Waals surface area contributed by atoms with Crippen molar-refractivity contribution in [3.05, 3.63) is 34.6 Å². The fourth-order valence-electron chi connectivity index (χ4n) is 10.3. The normalized spacial score (nSPS) is 42.5. The van der Waals surface area contributed by atoms with E-state index in [0.29, 0.717) is 30.9 Å². The summed E-state index contributed by atoms with van der Waals surface area (Å²) in [7, 11) is 0. The molecule has 3 aliphatic carbocycles. The van der Waals surface area contributed by atoms with E-state index < -0.39 is 12.0 Å². The number of anilines is 1. The predicted octanol–water partition coefficient (Wildman–Crippen LogP) is 4.31. The number of rotatable bonds is 4. The molecule has 40 heavy (non-hydrogen) atoms. The van der Waals surface area contributed by atoms with E-state index in [1.165, 1.54) is 32.1 Å².